The second kappa shape index (κ2) is 6.82. The molecule has 19 heavy (non-hydrogen) atoms. The Balaban J connectivity index is 2.02. The van der Waals surface area contributed by atoms with Crippen LogP contribution in [-0.4, -0.2) is 23.5 Å². The maximum absolute atomic E-state index is 13.9. The molecule has 4 heteroatoms. The normalized spacial score (nSPS) is 23.8. The van der Waals surface area contributed by atoms with Gasteiger partial charge in [0.15, 0.2) is 0 Å². The zero-order chi connectivity index (χ0) is 13.8. The number of halogens is 2. The van der Waals surface area contributed by atoms with Crippen molar-refractivity contribution in [2.24, 2.45) is 5.73 Å². The minimum atomic E-state index is -0.125. The van der Waals surface area contributed by atoms with Crippen molar-refractivity contribution in [2.45, 2.75) is 51.2 Å². The van der Waals surface area contributed by atoms with Gasteiger partial charge in [-0.15, -0.1) is 0 Å². The number of hydrogen-bond acceptors (Lipinski definition) is 2. The molecule has 1 saturated carbocycles. The van der Waals surface area contributed by atoms with E-state index in [1.807, 2.05) is 12.1 Å². The molecule has 1 aromatic rings. The van der Waals surface area contributed by atoms with Gasteiger partial charge in [0.1, 0.15) is 5.82 Å². The molecule has 1 fully saturated rings. The first-order valence-electron chi connectivity index (χ1n) is 7.03. The Hall–Kier alpha value is -0.450. The van der Waals surface area contributed by atoms with Crippen LogP contribution in [0.5, 0.6) is 0 Å². The van der Waals surface area contributed by atoms with Gasteiger partial charge >= 0.3 is 0 Å². The van der Waals surface area contributed by atoms with Crippen LogP contribution < -0.4 is 5.73 Å². The van der Waals surface area contributed by atoms with Crippen molar-refractivity contribution >= 4 is 15.9 Å². The van der Waals surface area contributed by atoms with Gasteiger partial charge in [0.05, 0.1) is 0 Å². The minimum absolute atomic E-state index is 0.125. The predicted molar refractivity (Wildman–Crippen MR) is 80.4 cm³/mol. The van der Waals surface area contributed by atoms with Gasteiger partial charge in [0, 0.05) is 28.7 Å². The van der Waals surface area contributed by atoms with Crippen molar-refractivity contribution in [3.8, 4) is 0 Å². The Bertz CT molecular complexity index is 417. The van der Waals surface area contributed by atoms with Crippen molar-refractivity contribution in [3.05, 3.63) is 34.1 Å². The summed E-state index contributed by atoms with van der Waals surface area (Å²) in [6, 6.07) is 6.23. The Morgan fingerprint density at radius 2 is 2.00 bits per heavy atom. The summed E-state index contributed by atoms with van der Waals surface area (Å²) >= 11 is 3.30. The van der Waals surface area contributed by atoms with E-state index in [0.717, 1.165) is 42.3 Å². The summed E-state index contributed by atoms with van der Waals surface area (Å²) in [7, 11) is 0. The number of nitrogens with zero attached hydrogens (tertiary/aromatic N) is 1. The zero-order valence-corrected chi connectivity index (χ0v) is 13.0. The molecule has 0 unspecified atom stereocenters. The zero-order valence-electron chi connectivity index (χ0n) is 11.4. The van der Waals surface area contributed by atoms with Crippen LogP contribution in [0, 0.1) is 5.82 Å². The van der Waals surface area contributed by atoms with E-state index in [2.05, 4.69) is 27.8 Å². The summed E-state index contributed by atoms with van der Waals surface area (Å²) in [6.07, 6.45) is 4.44. The van der Waals surface area contributed by atoms with Crippen LogP contribution in [0.3, 0.4) is 0 Å². The van der Waals surface area contributed by atoms with Gasteiger partial charge in [-0.2, -0.15) is 0 Å². The van der Waals surface area contributed by atoms with Crippen molar-refractivity contribution in [1.29, 1.82) is 0 Å². The Kier molecular flexibility index (Phi) is 5.37. The molecular weight excluding hydrogens is 307 g/mol. The quantitative estimate of drug-likeness (QED) is 0.913. The molecule has 2 nitrogen and oxygen atoms in total. The highest BCUT2D eigenvalue weighted by Gasteiger charge is 2.23. The van der Waals surface area contributed by atoms with Gasteiger partial charge in [-0.1, -0.05) is 28.9 Å². The molecule has 0 heterocycles. The second-order valence-electron chi connectivity index (χ2n) is 5.37. The molecule has 0 amide bonds. The Morgan fingerprint density at radius 1 is 1.32 bits per heavy atom. The van der Waals surface area contributed by atoms with Crippen LogP contribution in [0.4, 0.5) is 4.39 Å². The van der Waals surface area contributed by atoms with Gasteiger partial charge < -0.3 is 5.73 Å². The van der Waals surface area contributed by atoms with Crippen molar-refractivity contribution in [1.82, 2.24) is 4.90 Å². The molecule has 1 aromatic carbocycles. The van der Waals surface area contributed by atoms with Crippen LogP contribution in [0.1, 0.15) is 38.2 Å². The first-order valence-corrected chi connectivity index (χ1v) is 7.83. The average molecular weight is 329 g/mol. The van der Waals surface area contributed by atoms with Gasteiger partial charge in [-0.25, -0.2) is 4.39 Å². The van der Waals surface area contributed by atoms with E-state index >= 15 is 0 Å². The third-order valence-electron chi connectivity index (χ3n) is 4.05. The van der Waals surface area contributed by atoms with Crippen LogP contribution in [0.15, 0.2) is 22.7 Å². The monoisotopic (exact) mass is 328 g/mol. The molecule has 1 aliphatic carbocycles. The molecule has 2 rings (SSSR count). The van der Waals surface area contributed by atoms with E-state index in [4.69, 9.17) is 5.73 Å². The van der Waals surface area contributed by atoms with E-state index in [1.54, 1.807) is 6.07 Å². The summed E-state index contributed by atoms with van der Waals surface area (Å²) in [4.78, 5) is 2.37. The van der Waals surface area contributed by atoms with Gasteiger partial charge in [0.2, 0.25) is 0 Å². The number of nitrogens with two attached hydrogens (primary N) is 1. The van der Waals surface area contributed by atoms with E-state index in [0.29, 0.717) is 18.6 Å². The summed E-state index contributed by atoms with van der Waals surface area (Å²) in [5, 5.41) is 0. The summed E-state index contributed by atoms with van der Waals surface area (Å²) in [5.74, 6) is -0.125. The molecule has 0 aliphatic heterocycles. The first-order chi connectivity index (χ1) is 9.10. The standard InChI is InChI=1S/C15H22BrFN2/c1-2-19(14-7-5-13(18)6-8-14)10-11-3-4-12(16)9-15(11)17/h3-4,9,13-14H,2,5-8,10,18H2,1H3. The lowest BCUT2D eigenvalue weighted by molar-refractivity contribution is 0.148. The van der Waals surface area contributed by atoms with Gasteiger partial charge in [0.25, 0.3) is 0 Å². The molecule has 106 valence electrons. The van der Waals surface area contributed by atoms with Crippen LogP contribution in [-0.2, 0) is 6.54 Å². The molecule has 0 spiro atoms. The van der Waals surface area contributed by atoms with E-state index in [-0.39, 0.29) is 5.82 Å². The first kappa shape index (κ1) is 14.9. The van der Waals surface area contributed by atoms with Gasteiger partial charge in [-0.3, -0.25) is 4.90 Å². The molecule has 0 atom stereocenters. The highest BCUT2D eigenvalue weighted by atomic mass is 79.9. The highest BCUT2D eigenvalue weighted by Crippen LogP contribution is 2.24. The van der Waals surface area contributed by atoms with Crippen LogP contribution in [0.25, 0.3) is 0 Å². The van der Waals surface area contributed by atoms with E-state index < -0.39 is 0 Å². The maximum atomic E-state index is 13.9. The lowest BCUT2D eigenvalue weighted by Crippen LogP contribution is -2.40. The van der Waals surface area contributed by atoms with Gasteiger partial charge in [-0.05, 0) is 44.4 Å². The number of benzene rings is 1. The second-order valence-corrected chi connectivity index (χ2v) is 6.28. The largest absolute Gasteiger partial charge is 0.328 e. The van der Waals surface area contributed by atoms with Crippen molar-refractivity contribution < 1.29 is 4.39 Å². The third kappa shape index (κ3) is 4.01. The van der Waals surface area contributed by atoms with Crippen LogP contribution in [0.2, 0.25) is 0 Å². The molecule has 0 bridgehead atoms. The highest BCUT2D eigenvalue weighted by molar-refractivity contribution is 9.10. The van der Waals surface area contributed by atoms with Crippen molar-refractivity contribution in [2.75, 3.05) is 6.54 Å². The van der Waals surface area contributed by atoms with Crippen molar-refractivity contribution in [3.63, 3.8) is 0 Å². The minimum Gasteiger partial charge on any atom is -0.328 e. The van der Waals surface area contributed by atoms with E-state index in [1.165, 1.54) is 0 Å². The fourth-order valence-corrected chi connectivity index (χ4v) is 3.17. The fourth-order valence-electron chi connectivity index (χ4n) is 2.83. The number of hydrogen-bond donors (Lipinski definition) is 1. The molecule has 1 aliphatic rings. The predicted octanol–water partition coefficient (Wildman–Crippen LogP) is 3.68. The van der Waals surface area contributed by atoms with E-state index in [9.17, 15) is 4.39 Å². The fraction of sp³-hybridized carbons (Fsp3) is 0.600. The maximum Gasteiger partial charge on any atom is 0.128 e. The molecule has 0 saturated heterocycles. The molecule has 0 aromatic heterocycles. The van der Waals surface area contributed by atoms with Crippen LogP contribution >= 0.6 is 15.9 Å². The smallest absolute Gasteiger partial charge is 0.128 e. The summed E-state index contributed by atoms with van der Waals surface area (Å²) < 4.78 is 14.7. The Morgan fingerprint density at radius 3 is 2.58 bits per heavy atom. The molecule has 2 N–H and O–H groups in total. The Labute approximate surface area is 123 Å². The molecule has 0 radical (unpaired) electrons. The lowest BCUT2D eigenvalue weighted by atomic mass is 9.90. The average Bonchev–Trinajstić information content (AvgIpc) is 2.39. The topological polar surface area (TPSA) is 29.3 Å². The molecular formula is C15H22BrFN2. The number of rotatable bonds is 4. The third-order valence-corrected chi connectivity index (χ3v) is 4.55. The summed E-state index contributed by atoms with van der Waals surface area (Å²) in [6.45, 7) is 3.79. The SMILES string of the molecule is CCN(Cc1ccc(Br)cc1F)C1CCC(N)CC1. The lowest BCUT2D eigenvalue weighted by Gasteiger charge is -2.35. The summed E-state index contributed by atoms with van der Waals surface area (Å²) in [5.41, 5.74) is 6.73.